The van der Waals surface area contributed by atoms with Crippen molar-refractivity contribution in [1.82, 2.24) is 29.8 Å². The maximum atomic E-state index is 14.9. The molecule has 1 fully saturated rings. The third-order valence-corrected chi connectivity index (χ3v) is 6.56. The van der Waals surface area contributed by atoms with E-state index in [0.717, 1.165) is 32.0 Å². The lowest BCUT2D eigenvalue weighted by Gasteiger charge is -2.28. The van der Waals surface area contributed by atoms with Crippen molar-refractivity contribution in [2.75, 3.05) is 11.9 Å². The topological polar surface area (TPSA) is 101 Å². The molecule has 0 saturated carbocycles. The molecule has 1 aliphatic heterocycles. The number of nitrogens with one attached hydrogen (secondary N) is 2. The van der Waals surface area contributed by atoms with E-state index in [1.165, 1.54) is 6.07 Å². The van der Waals surface area contributed by atoms with Crippen molar-refractivity contribution in [3.8, 4) is 11.3 Å². The SMILES string of the molecule is Cc1nc2c(F)cc(-c3nc(Nc4ccc(C(O)C5CCCCN5)cn4)ncc3F)cc2n1C(C)C. The van der Waals surface area contributed by atoms with E-state index in [4.69, 9.17) is 0 Å². The summed E-state index contributed by atoms with van der Waals surface area (Å²) in [6.07, 6.45) is 5.12. The second kappa shape index (κ2) is 9.87. The maximum absolute atomic E-state index is 14.9. The van der Waals surface area contributed by atoms with Gasteiger partial charge in [0.2, 0.25) is 5.95 Å². The molecule has 0 bridgehead atoms. The first-order chi connectivity index (χ1) is 17.3. The Labute approximate surface area is 207 Å². The van der Waals surface area contributed by atoms with E-state index in [1.54, 1.807) is 24.4 Å². The Morgan fingerprint density at radius 3 is 2.61 bits per heavy atom. The number of hydrogen-bond donors (Lipinski definition) is 3. The monoisotopic (exact) mass is 493 g/mol. The summed E-state index contributed by atoms with van der Waals surface area (Å²) in [5, 5.41) is 17.0. The summed E-state index contributed by atoms with van der Waals surface area (Å²) in [4.78, 5) is 17.0. The molecule has 5 rings (SSSR count). The average molecular weight is 494 g/mol. The fourth-order valence-electron chi connectivity index (χ4n) is 4.84. The van der Waals surface area contributed by atoms with Gasteiger partial charge in [0, 0.05) is 29.4 Å². The van der Waals surface area contributed by atoms with E-state index in [1.807, 2.05) is 25.3 Å². The number of benzene rings is 1. The van der Waals surface area contributed by atoms with Crippen LogP contribution in [0.25, 0.3) is 22.3 Å². The molecule has 0 amide bonds. The van der Waals surface area contributed by atoms with Crippen LogP contribution in [0.4, 0.5) is 20.5 Å². The third-order valence-electron chi connectivity index (χ3n) is 6.56. The zero-order chi connectivity index (χ0) is 25.4. The minimum atomic E-state index is -0.668. The lowest BCUT2D eigenvalue weighted by Crippen LogP contribution is -2.38. The molecule has 8 nitrogen and oxygen atoms in total. The molecule has 2 atom stereocenters. The van der Waals surface area contributed by atoms with Gasteiger partial charge in [0.1, 0.15) is 22.9 Å². The average Bonchev–Trinajstić information content (AvgIpc) is 3.22. The number of aliphatic hydroxyl groups excluding tert-OH is 1. The molecule has 0 spiro atoms. The van der Waals surface area contributed by atoms with Gasteiger partial charge in [0.15, 0.2) is 11.6 Å². The summed E-state index contributed by atoms with van der Waals surface area (Å²) < 4.78 is 31.6. The van der Waals surface area contributed by atoms with E-state index >= 15 is 0 Å². The number of halogens is 2. The van der Waals surface area contributed by atoms with Crippen molar-refractivity contribution >= 4 is 22.8 Å². The minimum Gasteiger partial charge on any atom is -0.387 e. The van der Waals surface area contributed by atoms with Crippen LogP contribution in [-0.2, 0) is 0 Å². The fraction of sp³-hybridized carbons (Fsp3) is 0.385. The Morgan fingerprint density at radius 2 is 1.92 bits per heavy atom. The highest BCUT2D eigenvalue weighted by Crippen LogP contribution is 2.30. The van der Waals surface area contributed by atoms with Crippen molar-refractivity contribution in [3.05, 3.63) is 59.7 Å². The van der Waals surface area contributed by atoms with Crippen LogP contribution in [0.15, 0.2) is 36.7 Å². The molecule has 4 aromatic rings. The van der Waals surface area contributed by atoms with Gasteiger partial charge in [0.25, 0.3) is 0 Å². The fourth-order valence-corrected chi connectivity index (χ4v) is 4.84. The standard InChI is InChI=1S/C26H29F2N7O/c1-14(2)35-15(3)32-24-18(27)10-17(11-21(24)35)23-19(28)13-31-26(34-23)33-22-8-7-16(12-30-22)25(36)20-6-4-5-9-29-20/h7-8,10-14,20,25,29,36H,4-6,9H2,1-3H3,(H,30,31,33,34). The van der Waals surface area contributed by atoms with Crippen LogP contribution in [0.2, 0.25) is 0 Å². The van der Waals surface area contributed by atoms with Crippen LogP contribution in [0.1, 0.15) is 56.6 Å². The number of pyridine rings is 1. The third kappa shape index (κ3) is 4.66. The maximum Gasteiger partial charge on any atom is 0.229 e. The number of hydrogen-bond acceptors (Lipinski definition) is 7. The Kier molecular flexibility index (Phi) is 6.63. The highest BCUT2D eigenvalue weighted by molar-refractivity contribution is 5.83. The van der Waals surface area contributed by atoms with E-state index in [-0.39, 0.29) is 34.8 Å². The van der Waals surface area contributed by atoms with Crippen LogP contribution >= 0.6 is 0 Å². The van der Waals surface area contributed by atoms with Crippen molar-refractivity contribution < 1.29 is 13.9 Å². The Hall–Kier alpha value is -3.50. The molecule has 3 aromatic heterocycles. The molecule has 0 radical (unpaired) electrons. The first kappa shape index (κ1) is 24.2. The summed E-state index contributed by atoms with van der Waals surface area (Å²) in [7, 11) is 0. The number of imidazole rings is 1. The largest absolute Gasteiger partial charge is 0.387 e. The van der Waals surface area contributed by atoms with Crippen molar-refractivity contribution in [2.45, 2.75) is 58.2 Å². The van der Waals surface area contributed by atoms with Gasteiger partial charge in [-0.25, -0.2) is 28.7 Å². The number of aromatic nitrogens is 5. The number of fused-ring (bicyclic) bond motifs is 1. The number of rotatable bonds is 6. The molecule has 0 aliphatic carbocycles. The molecule has 36 heavy (non-hydrogen) atoms. The van der Waals surface area contributed by atoms with Gasteiger partial charge in [-0.05, 0) is 58.4 Å². The summed E-state index contributed by atoms with van der Waals surface area (Å²) in [6.45, 7) is 6.68. The molecule has 188 valence electrons. The molecular formula is C26H29F2N7O. The lowest BCUT2D eigenvalue weighted by atomic mass is 9.96. The van der Waals surface area contributed by atoms with Gasteiger partial charge in [-0.1, -0.05) is 12.5 Å². The Bertz CT molecular complexity index is 1380. The quantitative estimate of drug-likeness (QED) is 0.348. The molecule has 1 aromatic carbocycles. The number of aliphatic hydroxyl groups is 1. The van der Waals surface area contributed by atoms with Crippen molar-refractivity contribution in [1.29, 1.82) is 0 Å². The normalized spacial score (nSPS) is 17.0. The van der Waals surface area contributed by atoms with E-state index in [0.29, 0.717) is 22.7 Å². The number of piperidine rings is 1. The first-order valence-corrected chi connectivity index (χ1v) is 12.2. The highest BCUT2D eigenvalue weighted by atomic mass is 19.1. The van der Waals surface area contributed by atoms with Gasteiger partial charge in [-0.2, -0.15) is 0 Å². The Morgan fingerprint density at radius 1 is 1.08 bits per heavy atom. The second-order valence-corrected chi connectivity index (χ2v) is 9.44. The van der Waals surface area contributed by atoms with Gasteiger partial charge < -0.3 is 20.3 Å². The smallest absolute Gasteiger partial charge is 0.229 e. The number of aryl methyl sites for hydroxylation is 1. The van der Waals surface area contributed by atoms with Crippen LogP contribution in [0.3, 0.4) is 0 Å². The molecule has 3 N–H and O–H groups in total. The highest BCUT2D eigenvalue weighted by Gasteiger charge is 2.23. The lowest BCUT2D eigenvalue weighted by molar-refractivity contribution is 0.113. The number of anilines is 2. The first-order valence-electron chi connectivity index (χ1n) is 12.2. The number of nitrogens with zero attached hydrogens (tertiary/aromatic N) is 5. The molecule has 1 saturated heterocycles. The van der Waals surface area contributed by atoms with Crippen LogP contribution in [0, 0.1) is 18.6 Å². The van der Waals surface area contributed by atoms with Gasteiger partial charge in [-0.15, -0.1) is 0 Å². The van der Waals surface area contributed by atoms with Crippen molar-refractivity contribution in [3.63, 3.8) is 0 Å². The van der Waals surface area contributed by atoms with E-state index < -0.39 is 17.7 Å². The summed E-state index contributed by atoms with van der Waals surface area (Å²) in [5.41, 5.74) is 1.79. The predicted molar refractivity (Wildman–Crippen MR) is 134 cm³/mol. The van der Waals surface area contributed by atoms with Crippen LogP contribution in [-0.4, -0.2) is 42.2 Å². The minimum absolute atomic E-state index is 0.0101. The molecule has 2 unspecified atom stereocenters. The molecule has 4 heterocycles. The van der Waals surface area contributed by atoms with Gasteiger partial charge in [-0.3, -0.25) is 0 Å². The Balaban J connectivity index is 1.41. The van der Waals surface area contributed by atoms with Crippen LogP contribution < -0.4 is 10.6 Å². The second-order valence-electron chi connectivity index (χ2n) is 9.44. The summed E-state index contributed by atoms with van der Waals surface area (Å²) in [6, 6.07) is 6.50. The van der Waals surface area contributed by atoms with Gasteiger partial charge in [0.05, 0.1) is 17.8 Å². The molecule has 1 aliphatic rings. The summed E-state index contributed by atoms with van der Waals surface area (Å²) in [5.74, 6) is 0.0322. The summed E-state index contributed by atoms with van der Waals surface area (Å²) >= 11 is 0. The zero-order valence-corrected chi connectivity index (χ0v) is 20.5. The van der Waals surface area contributed by atoms with E-state index in [9.17, 15) is 13.9 Å². The predicted octanol–water partition coefficient (Wildman–Crippen LogP) is 4.97. The zero-order valence-electron chi connectivity index (χ0n) is 20.5. The van der Waals surface area contributed by atoms with Crippen LogP contribution in [0.5, 0.6) is 0 Å². The van der Waals surface area contributed by atoms with Gasteiger partial charge >= 0.3 is 0 Å². The molecule has 10 heteroatoms. The van der Waals surface area contributed by atoms with E-state index in [2.05, 4.69) is 30.6 Å². The molecular weight excluding hydrogens is 464 g/mol. The van der Waals surface area contributed by atoms with Crippen molar-refractivity contribution in [2.24, 2.45) is 0 Å².